The Morgan fingerprint density at radius 3 is 2.25 bits per heavy atom. The maximum absolute atomic E-state index is 12.5. The van der Waals surface area contributed by atoms with Gasteiger partial charge in [-0.3, -0.25) is 4.79 Å². The second kappa shape index (κ2) is 5.24. The first-order valence-corrected chi connectivity index (χ1v) is 9.25. The number of amides is 1. The third-order valence-electron chi connectivity index (χ3n) is 6.72. The molecule has 4 aliphatic rings. The summed E-state index contributed by atoms with van der Waals surface area (Å²) in [6.45, 7) is 5.80. The average molecular weight is 327 g/mol. The molecule has 0 radical (unpaired) electrons. The molecule has 130 valence electrons. The van der Waals surface area contributed by atoms with Gasteiger partial charge < -0.3 is 10.1 Å². The van der Waals surface area contributed by atoms with E-state index in [0.717, 1.165) is 23.8 Å². The molecular weight excluding hydrogens is 298 g/mol. The third kappa shape index (κ3) is 2.72. The van der Waals surface area contributed by atoms with Crippen molar-refractivity contribution in [2.45, 2.75) is 52.4 Å². The molecule has 5 rings (SSSR count). The van der Waals surface area contributed by atoms with Crippen LogP contribution in [0.15, 0.2) is 24.3 Å². The van der Waals surface area contributed by atoms with Crippen molar-refractivity contribution < 1.29 is 9.53 Å². The molecule has 2 atom stereocenters. The van der Waals surface area contributed by atoms with Gasteiger partial charge in [-0.1, -0.05) is 13.8 Å². The molecule has 1 amide bonds. The normalized spacial score (nSPS) is 39.7. The highest BCUT2D eigenvalue weighted by atomic mass is 16.5. The summed E-state index contributed by atoms with van der Waals surface area (Å²) in [7, 11) is 1.64. The van der Waals surface area contributed by atoms with E-state index in [9.17, 15) is 4.79 Å². The minimum absolute atomic E-state index is 0.0451. The minimum Gasteiger partial charge on any atom is -0.497 e. The zero-order chi connectivity index (χ0) is 17.0. The van der Waals surface area contributed by atoms with Gasteiger partial charge in [0.05, 0.1) is 7.11 Å². The fourth-order valence-electron chi connectivity index (χ4n) is 6.99. The lowest BCUT2D eigenvalue weighted by Crippen LogP contribution is -2.58. The lowest BCUT2D eigenvalue weighted by atomic mass is 9.40. The van der Waals surface area contributed by atoms with E-state index in [1.165, 1.54) is 38.5 Å². The molecule has 24 heavy (non-hydrogen) atoms. The Hall–Kier alpha value is -1.51. The molecule has 3 heteroatoms. The number of hydrogen-bond donors (Lipinski definition) is 1. The summed E-state index contributed by atoms with van der Waals surface area (Å²) in [5.41, 5.74) is 2.04. The van der Waals surface area contributed by atoms with Gasteiger partial charge in [0.1, 0.15) is 5.75 Å². The van der Waals surface area contributed by atoms with Gasteiger partial charge in [0.2, 0.25) is 0 Å². The van der Waals surface area contributed by atoms with Crippen LogP contribution in [0.2, 0.25) is 0 Å². The Morgan fingerprint density at radius 2 is 1.71 bits per heavy atom. The van der Waals surface area contributed by atoms with Gasteiger partial charge in [0.15, 0.2) is 0 Å². The van der Waals surface area contributed by atoms with E-state index in [0.29, 0.717) is 16.2 Å². The van der Waals surface area contributed by atoms with Gasteiger partial charge in [-0.25, -0.2) is 0 Å². The highest BCUT2D eigenvalue weighted by molar-refractivity contribution is 5.94. The SMILES string of the molecule is COc1ccc(C(=O)NCC23CC4C[C@@](C)(C2)C[C@@](C)(C4)C3)cc1. The van der Waals surface area contributed by atoms with Crippen LogP contribution in [0.5, 0.6) is 5.75 Å². The summed E-state index contributed by atoms with van der Waals surface area (Å²) in [5, 5.41) is 3.25. The second-order valence-electron chi connectivity index (χ2n) is 9.54. The largest absolute Gasteiger partial charge is 0.497 e. The van der Waals surface area contributed by atoms with E-state index in [2.05, 4.69) is 19.2 Å². The number of carbonyl (C=O) groups excluding carboxylic acids is 1. The number of hydrogen-bond acceptors (Lipinski definition) is 2. The molecule has 4 aliphatic carbocycles. The molecule has 3 nitrogen and oxygen atoms in total. The summed E-state index contributed by atoms with van der Waals surface area (Å²) >= 11 is 0. The van der Waals surface area contributed by atoms with E-state index in [1.807, 2.05) is 24.3 Å². The van der Waals surface area contributed by atoms with E-state index in [4.69, 9.17) is 4.74 Å². The quantitative estimate of drug-likeness (QED) is 0.889. The Kier molecular flexibility index (Phi) is 3.49. The lowest BCUT2D eigenvalue weighted by Gasteiger charge is -2.65. The highest BCUT2D eigenvalue weighted by Gasteiger charge is 2.59. The van der Waals surface area contributed by atoms with E-state index >= 15 is 0 Å². The molecule has 4 bridgehead atoms. The summed E-state index contributed by atoms with van der Waals surface area (Å²) in [6.07, 6.45) is 8.06. The van der Waals surface area contributed by atoms with Crippen molar-refractivity contribution >= 4 is 5.91 Å². The number of ether oxygens (including phenoxy) is 1. The smallest absolute Gasteiger partial charge is 0.251 e. The van der Waals surface area contributed by atoms with Crippen molar-refractivity contribution in [1.29, 1.82) is 0 Å². The van der Waals surface area contributed by atoms with Crippen LogP contribution in [0.1, 0.15) is 62.7 Å². The topological polar surface area (TPSA) is 38.3 Å². The number of benzene rings is 1. The average Bonchev–Trinajstić information content (AvgIpc) is 2.49. The standard InChI is InChI=1S/C21H29NO2/c1-19-8-15-9-20(2,11-19)13-21(10-15,12-19)14-22-18(23)16-4-6-17(24-3)7-5-16/h4-7,15H,8-14H2,1-3H3,(H,22,23)/t15?,19-,20-,21?/m1/s1. The molecular formula is C21H29NO2. The summed E-state index contributed by atoms with van der Waals surface area (Å²) in [6, 6.07) is 7.39. The van der Waals surface area contributed by atoms with Crippen LogP contribution in [-0.4, -0.2) is 19.6 Å². The number of methoxy groups -OCH3 is 1. The minimum atomic E-state index is 0.0451. The molecule has 0 unspecified atom stereocenters. The fraction of sp³-hybridized carbons (Fsp3) is 0.667. The molecule has 4 saturated carbocycles. The van der Waals surface area contributed by atoms with E-state index in [-0.39, 0.29) is 5.91 Å². The molecule has 0 heterocycles. The monoisotopic (exact) mass is 327 g/mol. The first-order chi connectivity index (χ1) is 11.3. The molecule has 1 N–H and O–H groups in total. The van der Waals surface area contributed by atoms with Gasteiger partial charge >= 0.3 is 0 Å². The van der Waals surface area contributed by atoms with Crippen LogP contribution in [0.4, 0.5) is 0 Å². The number of nitrogens with one attached hydrogen (secondary N) is 1. The Bertz CT molecular complexity index is 632. The molecule has 0 aliphatic heterocycles. The molecule has 4 fully saturated rings. The number of rotatable bonds is 4. The molecule has 0 saturated heterocycles. The Labute approximate surface area is 145 Å². The third-order valence-corrected chi connectivity index (χ3v) is 6.72. The van der Waals surface area contributed by atoms with Gasteiger partial charge in [-0.15, -0.1) is 0 Å². The first kappa shape index (κ1) is 16.0. The first-order valence-electron chi connectivity index (χ1n) is 9.25. The van der Waals surface area contributed by atoms with Crippen molar-refractivity contribution in [3.05, 3.63) is 29.8 Å². The van der Waals surface area contributed by atoms with Crippen LogP contribution < -0.4 is 10.1 Å². The Balaban J connectivity index is 1.46. The predicted molar refractivity (Wildman–Crippen MR) is 95.2 cm³/mol. The van der Waals surface area contributed by atoms with Crippen LogP contribution in [0.25, 0.3) is 0 Å². The fourth-order valence-corrected chi connectivity index (χ4v) is 6.99. The van der Waals surface area contributed by atoms with Crippen LogP contribution in [-0.2, 0) is 0 Å². The maximum Gasteiger partial charge on any atom is 0.251 e. The Morgan fingerprint density at radius 1 is 1.08 bits per heavy atom. The highest BCUT2D eigenvalue weighted by Crippen LogP contribution is 2.69. The molecule has 1 aromatic rings. The molecule has 0 aromatic heterocycles. The van der Waals surface area contributed by atoms with E-state index < -0.39 is 0 Å². The lowest BCUT2D eigenvalue weighted by molar-refractivity contribution is -0.142. The van der Waals surface area contributed by atoms with Gasteiger partial charge in [-0.2, -0.15) is 0 Å². The van der Waals surface area contributed by atoms with E-state index in [1.54, 1.807) is 7.11 Å². The second-order valence-corrected chi connectivity index (χ2v) is 9.54. The van der Waals surface area contributed by atoms with Crippen LogP contribution in [0, 0.1) is 22.2 Å². The molecule has 0 spiro atoms. The van der Waals surface area contributed by atoms with Crippen molar-refractivity contribution in [2.75, 3.05) is 13.7 Å². The summed E-state index contributed by atoms with van der Waals surface area (Å²) < 4.78 is 5.16. The molecule has 1 aromatic carbocycles. The van der Waals surface area contributed by atoms with Gasteiger partial charge in [0.25, 0.3) is 5.91 Å². The zero-order valence-corrected chi connectivity index (χ0v) is 15.2. The van der Waals surface area contributed by atoms with Crippen molar-refractivity contribution in [1.82, 2.24) is 5.32 Å². The number of carbonyl (C=O) groups is 1. The maximum atomic E-state index is 12.5. The van der Waals surface area contributed by atoms with Crippen LogP contribution in [0.3, 0.4) is 0 Å². The summed E-state index contributed by atoms with van der Waals surface area (Å²) in [4.78, 5) is 12.5. The van der Waals surface area contributed by atoms with Gasteiger partial charge in [-0.05, 0) is 85.0 Å². The summed E-state index contributed by atoms with van der Waals surface area (Å²) in [5.74, 6) is 1.70. The van der Waals surface area contributed by atoms with Crippen molar-refractivity contribution in [3.8, 4) is 5.75 Å². The van der Waals surface area contributed by atoms with Crippen molar-refractivity contribution in [3.63, 3.8) is 0 Å². The predicted octanol–water partition coefficient (Wildman–Crippen LogP) is 4.42. The zero-order valence-electron chi connectivity index (χ0n) is 15.2. The van der Waals surface area contributed by atoms with Gasteiger partial charge in [0, 0.05) is 12.1 Å². The van der Waals surface area contributed by atoms with Crippen LogP contribution >= 0.6 is 0 Å². The van der Waals surface area contributed by atoms with Crippen molar-refractivity contribution in [2.24, 2.45) is 22.2 Å².